The molecule has 0 saturated carbocycles. The van der Waals surface area contributed by atoms with E-state index in [1.807, 2.05) is 23.6 Å². The number of nitro benzene ring substituents is 1. The lowest BCUT2D eigenvalue weighted by molar-refractivity contribution is -0.384. The van der Waals surface area contributed by atoms with Crippen LogP contribution >= 0.6 is 23.2 Å². The van der Waals surface area contributed by atoms with Gasteiger partial charge in [0.05, 0.1) is 21.3 Å². The number of carbonyl (C=O) groups excluding carboxylic acids is 2. The molecule has 164 valence electrons. The molecule has 2 aromatic carbocycles. The highest BCUT2D eigenvalue weighted by Gasteiger charge is 2.26. The summed E-state index contributed by atoms with van der Waals surface area (Å²) in [5.74, 6) is -0.473. The number of carbonyl (C=O) groups is 2. The lowest BCUT2D eigenvalue weighted by Crippen LogP contribution is -2.50. The molecule has 10 heteroatoms. The van der Waals surface area contributed by atoms with E-state index < -0.39 is 10.8 Å². The molecule has 1 aliphatic rings. The molecule has 1 N–H and O–H groups in total. The van der Waals surface area contributed by atoms with E-state index in [4.69, 9.17) is 23.2 Å². The number of para-hydroxylation sites is 1. The first-order valence-corrected chi connectivity index (χ1v) is 10.5. The van der Waals surface area contributed by atoms with Crippen LogP contribution < -0.4 is 10.2 Å². The van der Waals surface area contributed by atoms with Gasteiger partial charge in [0.2, 0.25) is 5.91 Å². The summed E-state index contributed by atoms with van der Waals surface area (Å²) < 4.78 is 0. The molecule has 0 aromatic heterocycles. The van der Waals surface area contributed by atoms with Crippen molar-refractivity contribution in [2.45, 2.75) is 13.8 Å². The number of nitrogens with one attached hydrogen (secondary N) is 1. The molecular formula is C21H22Cl2N4O4. The average molecular weight is 465 g/mol. The van der Waals surface area contributed by atoms with Gasteiger partial charge in [-0.05, 0) is 24.3 Å². The molecule has 31 heavy (non-hydrogen) atoms. The molecule has 0 unspecified atom stereocenters. The number of halogens is 2. The van der Waals surface area contributed by atoms with Crippen LogP contribution in [0.2, 0.25) is 10.0 Å². The fourth-order valence-electron chi connectivity index (χ4n) is 3.44. The number of nitrogens with zero attached hydrogens (tertiary/aromatic N) is 3. The second-order valence-electron chi connectivity index (χ2n) is 7.48. The summed E-state index contributed by atoms with van der Waals surface area (Å²) in [6.45, 7) is 5.99. The minimum Gasteiger partial charge on any atom is -0.365 e. The third-order valence-electron chi connectivity index (χ3n) is 5.04. The normalized spacial score (nSPS) is 14.0. The van der Waals surface area contributed by atoms with Gasteiger partial charge in [0, 0.05) is 43.7 Å². The number of hydrogen-bond donors (Lipinski definition) is 1. The molecule has 1 heterocycles. The van der Waals surface area contributed by atoms with E-state index in [1.165, 1.54) is 12.1 Å². The lowest BCUT2D eigenvalue weighted by Gasteiger charge is -2.38. The van der Waals surface area contributed by atoms with Crippen molar-refractivity contribution in [2.24, 2.45) is 5.92 Å². The Kier molecular flexibility index (Phi) is 7.02. The zero-order valence-corrected chi connectivity index (χ0v) is 18.6. The fraction of sp³-hybridized carbons (Fsp3) is 0.333. The molecule has 1 aliphatic heterocycles. The minimum atomic E-state index is -0.637. The van der Waals surface area contributed by atoms with E-state index in [-0.39, 0.29) is 28.1 Å². The number of nitro groups is 1. The molecule has 2 aromatic rings. The lowest BCUT2D eigenvalue weighted by atomic mass is 10.1. The number of hydrogen-bond acceptors (Lipinski definition) is 5. The Morgan fingerprint density at radius 3 is 2.35 bits per heavy atom. The summed E-state index contributed by atoms with van der Waals surface area (Å²) >= 11 is 12.3. The van der Waals surface area contributed by atoms with Crippen molar-refractivity contribution in [3.8, 4) is 0 Å². The first kappa shape index (κ1) is 22.8. The summed E-state index contributed by atoms with van der Waals surface area (Å²) in [6, 6.07) is 9.03. The van der Waals surface area contributed by atoms with E-state index in [2.05, 4.69) is 5.32 Å². The van der Waals surface area contributed by atoms with Crippen molar-refractivity contribution in [1.82, 2.24) is 4.90 Å². The van der Waals surface area contributed by atoms with Crippen LogP contribution in [0.3, 0.4) is 0 Å². The molecule has 0 radical (unpaired) electrons. The molecule has 0 aliphatic carbocycles. The second kappa shape index (κ2) is 9.53. The number of rotatable bonds is 5. The summed E-state index contributed by atoms with van der Waals surface area (Å²) in [4.78, 5) is 39.3. The Balaban J connectivity index is 1.81. The van der Waals surface area contributed by atoms with Crippen molar-refractivity contribution in [3.63, 3.8) is 0 Å². The second-order valence-corrected chi connectivity index (χ2v) is 8.29. The van der Waals surface area contributed by atoms with E-state index >= 15 is 0 Å². The van der Waals surface area contributed by atoms with E-state index in [9.17, 15) is 19.7 Å². The third kappa shape index (κ3) is 5.08. The summed E-state index contributed by atoms with van der Waals surface area (Å²) in [6.07, 6.45) is 0. The maximum Gasteiger partial charge on any atom is 0.288 e. The summed E-state index contributed by atoms with van der Waals surface area (Å²) in [5.41, 5.74) is 0.900. The number of piperazine rings is 1. The van der Waals surface area contributed by atoms with Gasteiger partial charge in [-0.1, -0.05) is 43.1 Å². The van der Waals surface area contributed by atoms with Gasteiger partial charge in [-0.15, -0.1) is 0 Å². The molecule has 1 fully saturated rings. The van der Waals surface area contributed by atoms with Crippen LogP contribution in [0.1, 0.15) is 24.2 Å². The SMILES string of the molecule is CC(C)C(=O)N1CCN(c2c(Cl)cccc2NC(=O)c2ccc(Cl)c([N+](=O)[O-])c2)CC1. The zero-order chi connectivity index (χ0) is 22.7. The van der Waals surface area contributed by atoms with Crippen molar-refractivity contribution in [1.29, 1.82) is 0 Å². The molecule has 1 saturated heterocycles. The van der Waals surface area contributed by atoms with Crippen LogP contribution in [0.15, 0.2) is 36.4 Å². The van der Waals surface area contributed by atoms with Gasteiger partial charge < -0.3 is 15.1 Å². The number of anilines is 2. The number of benzene rings is 2. The van der Waals surface area contributed by atoms with Crippen LogP contribution in [0.5, 0.6) is 0 Å². The van der Waals surface area contributed by atoms with Crippen LogP contribution in [0.25, 0.3) is 0 Å². The third-order valence-corrected chi connectivity index (χ3v) is 5.67. The molecule has 0 bridgehead atoms. The van der Waals surface area contributed by atoms with Gasteiger partial charge in [0.1, 0.15) is 5.02 Å². The van der Waals surface area contributed by atoms with Crippen molar-refractivity contribution < 1.29 is 14.5 Å². The van der Waals surface area contributed by atoms with Crippen molar-refractivity contribution >= 4 is 52.1 Å². The zero-order valence-electron chi connectivity index (χ0n) is 17.1. The van der Waals surface area contributed by atoms with Crippen molar-refractivity contribution in [2.75, 3.05) is 36.4 Å². The highest BCUT2D eigenvalue weighted by atomic mass is 35.5. The fourth-order valence-corrected chi connectivity index (χ4v) is 3.92. The number of amides is 2. The van der Waals surface area contributed by atoms with Crippen LogP contribution in [-0.2, 0) is 4.79 Å². The molecule has 3 rings (SSSR count). The maximum absolute atomic E-state index is 12.8. The van der Waals surface area contributed by atoms with E-state index in [0.29, 0.717) is 42.6 Å². The van der Waals surface area contributed by atoms with Gasteiger partial charge in [-0.25, -0.2) is 0 Å². The van der Waals surface area contributed by atoms with Crippen molar-refractivity contribution in [3.05, 3.63) is 62.1 Å². The monoisotopic (exact) mass is 464 g/mol. The molecule has 0 spiro atoms. The topological polar surface area (TPSA) is 95.8 Å². The Bertz CT molecular complexity index is 1020. The summed E-state index contributed by atoms with van der Waals surface area (Å²) in [7, 11) is 0. The predicted octanol–water partition coefficient (Wildman–Crippen LogP) is 4.46. The van der Waals surface area contributed by atoms with E-state index in [1.54, 1.807) is 18.2 Å². The van der Waals surface area contributed by atoms with Gasteiger partial charge in [-0.3, -0.25) is 19.7 Å². The smallest absolute Gasteiger partial charge is 0.288 e. The molecule has 0 atom stereocenters. The first-order valence-electron chi connectivity index (χ1n) is 9.76. The Hall–Kier alpha value is -2.84. The standard InChI is InChI=1S/C21H22Cl2N4O4/c1-13(2)21(29)26-10-8-25(9-11-26)19-16(23)4-3-5-17(19)24-20(28)14-6-7-15(22)18(12-14)27(30)31/h3-7,12-13H,8-11H2,1-2H3,(H,24,28). The highest BCUT2D eigenvalue weighted by molar-refractivity contribution is 6.34. The predicted molar refractivity (Wildman–Crippen MR) is 121 cm³/mol. The van der Waals surface area contributed by atoms with E-state index in [0.717, 1.165) is 6.07 Å². The molecule has 8 nitrogen and oxygen atoms in total. The van der Waals surface area contributed by atoms with Crippen LogP contribution in [0.4, 0.5) is 17.1 Å². The summed E-state index contributed by atoms with van der Waals surface area (Å²) in [5, 5.41) is 14.3. The van der Waals surface area contributed by atoms with Gasteiger partial charge in [-0.2, -0.15) is 0 Å². The minimum absolute atomic E-state index is 0.0428. The average Bonchev–Trinajstić information content (AvgIpc) is 2.73. The van der Waals surface area contributed by atoms with Gasteiger partial charge in [0.15, 0.2) is 0 Å². The Morgan fingerprint density at radius 1 is 1.06 bits per heavy atom. The largest absolute Gasteiger partial charge is 0.365 e. The van der Waals surface area contributed by atoms with Gasteiger partial charge >= 0.3 is 0 Å². The Labute approximate surface area is 189 Å². The quantitative estimate of drug-likeness (QED) is 0.520. The molecule has 2 amide bonds. The highest BCUT2D eigenvalue weighted by Crippen LogP contribution is 2.35. The van der Waals surface area contributed by atoms with Gasteiger partial charge in [0.25, 0.3) is 11.6 Å². The Morgan fingerprint density at radius 2 is 1.74 bits per heavy atom. The van der Waals surface area contributed by atoms with Crippen LogP contribution in [-0.4, -0.2) is 47.8 Å². The maximum atomic E-state index is 12.8. The van der Waals surface area contributed by atoms with Crippen LogP contribution in [0, 0.1) is 16.0 Å². The first-order chi connectivity index (χ1) is 14.7. The molecular weight excluding hydrogens is 443 g/mol.